The van der Waals surface area contributed by atoms with Gasteiger partial charge in [0.25, 0.3) is 0 Å². The van der Waals surface area contributed by atoms with Gasteiger partial charge in [-0.3, -0.25) is 4.79 Å². The molecule has 3 rings (SSSR count). The molecule has 0 bridgehead atoms. The first kappa shape index (κ1) is 24.5. The Morgan fingerprint density at radius 3 is 2.64 bits per heavy atom. The third-order valence-corrected chi connectivity index (χ3v) is 5.30. The molecule has 0 saturated heterocycles. The number of benzene rings is 1. The van der Waals surface area contributed by atoms with Crippen LogP contribution >= 0.6 is 11.6 Å². The topological polar surface area (TPSA) is 83.3 Å². The maximum Gasteiger partial charge on any atom is 0.435 e. The van der Waals surface area contributed by atoms with Crippen LogP contribution in [0.3, 0.4) is 0 Å². The Labute approximate surface area is 193 Å². The van der Waals surface area contributed by atoms with Gasteiger partial charge in [0.2, 0.25) is 5.91 Å². The zero-order chi connectivity index (χ0) is 24.2. The van der Waals surface area contributed by atoms with Gasteiger partial charge in [-0.05, 0) is 42.8 Å². The van der Waals surface area contributed by atoms with E-state index in [0.29, 0.717) is 28.6 Å². The Morgan fingerprint density at radius 1 is 1.27 bits per heavy atom. The van der Waals surface area contributed by atoms with E-state index in [1.165, 1.54) is 6.07 Å². The second kappa shape index (κ2) is 10.2. The highest BCUT2D eigenvalue weighted by Gasteiger charge is 2.35. The Hall–Kier alpha value is -3.11. The quantitative estimate of drug-likeness (QED) is 0.511. The number of halogens is 4. The number of aliphatic hydroxyl groups is 1. The summed E-state index contributed by atoms with van der Waals surface area (Å²) >= 11 is 5.97. The number of anilines is 1. The average Bonchev–Trinajstić information content (AvgIpc) is 3.22. The lowest BCUT2D eigenvalue weighted by Crippen LogP contribution is -2.28. The molecule has 0 aliphatic rings. The molecule has 11 heteroatoms. The third-order valence-electron chi connectivity index (χ3n) is 5.06. The molecule has 0 aliphatic heterocycles. The van der Waals surface area contributed by atoms with Gasteiger partial charge in [0.15, 0.2) is 5.69 Å². The molecule has 1 atom stereocenters. The molecule has 0 fully saturated rings. The van der Waals surface area contributed by atoms with E-state index in [0.717, 1.165) is 10.7 Å². The first-order valence-electron chi connectivity index (χ1n) is 10.1. The summed E-state index contributed by atoms with van der Waals surface area (Å²) < 4.78 is 40.9. The minimum atomic E-state index is -4.63. The van der Waals surface area contributed by atoms with E-state index >= 15 is 0 Å². The third kappa shape index (κ3) is 6.02. The predicted octanol–water partition coefficient (Wildman–Crippen LogP) is 3.79. The molecule has 1 amide bonds. The number of carbonyl (C=O) groups is 1. The summed E-state index contributed by atoms with van der Waals surface area (Å²) in [5.41, 5.74) is 0.0888. The highest BCUT2D eigenvalue weighted by molar-refractivity contribution is 6.30. The van der Waals surface area contributed by atoms with E-state index in [1.807, 2.05) is 0 Å². The summed E-state index contributed by atoms with van der Waals surface area (Å²) in [5, 5.41) is 15.7. The fourth-order valence-electron chi connectivity index (χ4n) is 3.14. The van der Waals surface area contributed by atoms with Crippen LogP contribution < -0.4 is 10.2 Å². The van der Waals surface area contributed by atoms with Crippen molar-refractivity contribution in [3.05, 3.63) is 70.6 Å². The van der Waals surface area contributed by atoms with E-state index in [9.17, 15) is 18.0 Å². The predicted molar refractivity (Wildman–Crippen MR) is 118 cm³/mol. The van der Waals surface area contributed by atoms with Crippen molar-refractivity contribution in [3.8, 4) is 5.69 Å². The maximum absolute atomic E-state index is 13.2. The van der Waals surface area contributed by atoms with Crippen LogP contribution in [0.15, 0.2) is 48.7 Å². The fraction of sp³-hybridized carbons (Fsp3) is 0.318. The van der Waals surface area contributed by atoms with Crippen molar-refractivity contribution < 1.29 is 23.1 Å². The number of alkyl halides is 3. The number of likely N-dealkylation sites (N-methyl/N-ethyl adjacent to an activating group) is 1. The van der Waals surface area contributed by atoms with Gasteiger partial charge < -0.3 is 15.3 Å². The average molecular weight is 482 g/mol. The van der Waals surface area contributed by atoms with Gasteiger partial charge in [-0.1, -0.05) is 23.7 Å². The molecule has 1 unspecified atom stereocenters. The second-order valence-corrected chi connectivity index (χ2v) is 7.88. The first-order chi connectivity index (χ1) is 15.6. The van der Waals surface area contributed by atoms with Crippen LogP contribution in [-0.4, -0.2) is 46.0 Å². The number of amides is 1. The number of pyridine rings is 1. The number of nitrogens with one attached hydrogen (secondary N) is 1. The number of aromatic nitrogens is 3. The van der Waals surface area contributed by atoms with Crippen LogP contribution in [0.2, 0.25) is 5.02 Å². The summed E-state index contributed by atoms with van der Waals surface area (Å²) in [5.74, 6) is -0.314. The van der Waals surface area contributed by atoms with Gasteiger partial charge in [-0.2, -0.15) is 18.3 Å². The number of nitrogens with zero attached hydrogens (tertiary/aromatic N) is 4. The molecule has 7 nitrogen and oxygen atoms in total. The van der Waals surface area contributed by atoms with Crippen molar-refractivity contribution in [2.45, 2.75) is 25.6 Å². The second-order valence-electron chi connectivity index (χ2n) is 7.44. The number of hydrogen-bond acceptors (Lipinski definition) is 5. The summed E-state index contributed by atoms with van der Waals surface area (Å²) in [4.78, 5) is 18.8. The lowest BCUT2D eigenvalue weighted by Gasteiger charge is -2.18. The largest absolute Gasteiger partial charge is 0.435 e. The number of hydrogen-bond donors (Lipinski definition) is 2. The zero-order valence-electron chi connectivity index (χ0n) is 18.0. The summed E-state index contributed by atoms with van der Waals surface area (Å²) in [6, 6.07) is 10.7. The van der Waals surface area contributed by atoms with Crippen molar-refractivity contribution >= 4 is 23.3 Å². The molecule has 3 aromatic rings. The molecule has 2 heterocycles. The highest BCUT2D eigenvalue weighted by atomic mass is 35.5. The van der Waals surface area contributed by atoms with Crippen LogP contribution in [0.1, 0.15) is 29.8 Å². The first-order valence-corrected chi connectivity index (χ1v) is 10.5. The number of rotatable bonds is 8. The molecule has 1 aromatic carbocycles. The van der Waals surface area contributed by atoms with Crippen molar-refractivity contribution in [3.63, 3.8) is 0 Å². The summed E-state index contributed by atoms with van der Waals surface area (Å²) in [7, 11) is 1.78. The smallest absolute Gasteiger partial charge is 0.395 e. The Kier molecular flexibility index (Phi) is 7.60. The van der Waals surface area contributed by atoms with Crippen molar-refractivity contribution in [2.75, 3.05) is 25.1 Å². The SMILES string of the molecule is CC(C(=O)NCc1cc(C(F)(F)F)nn1-c1cccc(Cl)c1)c1ccc(N(C)CCO)nc1. The summed E-state index contributed by atoms with van der Waals surface area (Å²) in [6.07, 6.45) is -3.07. The van der Waals surface area contributed by atoms with Gasteiger partial charge in [0.05, 0.1) is 30.5 Å². The molecule has 176 valence electrons. The van der Waals surface area contributed by atoms with Crippen molar-refractivity contribution in [1.82, 2.24) is 20.1 Å². The Bertz CT molecular complexity index is 1100. The van der Waals surface area contributed by atoms with E-state index in [2.05, 4.69) is 15.4 Å². The summed E-state index contributed by atoms with van der Waals surface area (Å²) in [6.45, 7) is 1.92. The molecule has 2 aromatic heterocycles. The number of aliphatic hydroxyl groups excluding tert-OH is 1. The van der Waals surface area contributed by atoms with Crippen LogP contribution in [-0.2, 0) is 17.5 Å². The highest BCUT2D eigenvalue weighted by Crippen LogP contribution is 2.30. The van der Waals surface area contributed by atoms with Crippen molar-refractivity contribution in [1.29, 1.82) is 0 Å². The van der Waals surface area contributed by atoms with Crippen molar-refractivity contribution in [2.24, 2.45) is 0 Å². The van der Waals surface area contributed by atoms with E-state index < -0.39 is 17.8 Å². The number of carbonyl (C=O) groups excluding carboxylic acids is 1. The normalized spacial score (nSPS) is 12.5. The van der Waals surface area contributed by atoms with Crippen LogP contribution in [0.5, 0.6) is 0 Å². The minimum absolute atomic E-state index is 0.0133. The van der Waals surface area contributed by atoms with E-state index in [1.54, 1.807) is 55.4 Å². The molecular formula is C22H23ClF3N5O2. The van der Waals surface area contributed by atoms with Gasteiger partial charge in [-0.25, -0.2) is 9.67 Å². The van der Waals surface area contributed by atoms with Crippen LogP contribution in [0, 0.1) is 0 Å². The minimum Gasteiger partial charge on any atom is -0.395 e. The maximum atomic E-state index is 13.2. The molecule has 0 radical (unpaired) electrons. The zero-order valence-corrected chi connectivity index (χ0v) is 18.7. The van der Waals surface area contributed by atoms with Crippen LogP contribution in [0.25, 0.3) is 5.69 Å². The molecule has 0 spiro atoms. The Morgan fingerprint density at radius 2 is 2.03 bits per heavy atom. The molecular weight excluding hydrogens is 459 g/mol. The molecule has 2 N–H and O–H groups in total. The standard InChI is InChI=1S/C22H23ClF3N5O2/c1-14(15-6-7-20(27-12-15)30(2)8-9-32)21(33)28-13-18-11-19(22(24,25)26)29-31(18)17-5-3-4-16(23)10-17/h3-7,10-12,14,32H,8-9,13H2,1-2H3,(H,28,33). The molecule has 0 aliphatic carbocycles. The Balaban J connectivity index is 1.76. The van der Waals surface area contributed by atoms with Gasteiger partial charge >= 0.3 is 6.18 Å². The lowest BCUT2D eigenvalue weighted by molar-refractivity contribution is -0.141. The van der Waals surface area contributed by atoms with E-state index in [4.69, 9.17) is 16.7 Å². The molecule has 33 heavy (non-hydrogen) atoms. The van der Waals surface area contributed by atoms with Gasteiger partial charge in [0, 0.05) is 24.8 Å². The van der Waals surface area contributed by atoms with Gasteiger partial charge in [0.1, 0.15) is 5.82 Å². The fourth-order valence-corrected chi connectivity index (χ4v) is 3.33. The van der Waals surface area contributed by atoms with E-state index in [-0.39, 0.29) is 24.8 Å². The van der Waals surface area contributed by atoms with Gasteiger partial charge in [-0.15, -0.1) is 0 Å². The monoisotopic (exact) mass is 481 g/mol. The lowest BCUT2D eigenvalue weighted by atomic mass is 10.0. The molecule has 0 saturated carbocycles. The van der Waals surface area contributed by atoms with Crippen LogP contribution in [0.4, 0.5) is 19.0 Å².